The number of ketones is 2. The number of nitrogens with one attached hydrogen (secondary N) is 6. The molecule has 718 valence electrons. The number of ether oxygens (including phenoxy) is 2. The molecule has 0 saturated carbocycles. The third kappa shape index (κ3) is 25.8. The average molecular weight is 1980 g/mol. The Labute approximate surface area is 807 Å². The van der Waals surface area contributed by atoms with E-state index in [9.17, 15) is 57.5 Å². The molecule has 9 aliphatic heterocycles. The van der Waals surface area contributed by atoms with Crippen LogP contribution in [0.5, 0.6) is 0 Å². The normalized spacial score (nSPS) is 21.2. The predicted molar refractivity (Wildman–Crippen MR) is 525 cm³/mol. The monoisotopic (exact) mass is 1970 g/mol. The Morgan fingerprint density at radius 3 is 1.46 bits per heavy atom. The van der Waals surface area contributed by atoms with E-state index < -0.39 is 42.4 Å². The van der Waals surface area contributed by atoms with Gasteiger partial charge >= 0.3 is 19.3 Å². The van der Waals surface area contributed by atoms with Gasteiger partial charge in [-0.1, -0.05) is 198 Å². The fraction of sp³-hybridized carbons (Fsp3) is 0.485. The quantitative estimate of drug-likeness (QED) is 0.0206. The van der Waals surface area contributed by atoms with Gasteiger partial charge < -0.3 is 74.8 Å². The van der Waals surface area contributed by atoms with E-state index in [1.807, 2.05) is 140 Å². The molecule has 31 nitrogen and oxygen atoms in total. The second-order valence-electron chi connectivity index (χ2n) is 38.4. The number of carbonyl (C=O) groups excluding carboxylic acids is 12. The standard InChI is InChI=1S/C38H47N7O5.C27H38BN3O5.C18H20BrN3O2.C18H21BrN2O4/c1-22(2)34-36(47)44(21-33(46)42-34)20-32-40-19-30(41-32)27-14-12-25(13-15-27)24-8-10-26(11-9-24)28-17-29(39-18-28)31-7-6-16-45(31)37(48)35(23(3)4)43-38(49)50-5;1-17(2)23(30-25(33)34-7)24(32)31-14-8-9-22(31)21-15-19(16-29-21)18-10-12-20(13-11-18)28-35-26(3,4)27(5,6)36-28;1-11(2)17-18(24)22(10-16(23)21-17)9-15-7-13(8-20-15)12-3-5-14(19)6-4-12;1-11(2)17-18(25)21(10-16(24)20-17)9-14(22)7-8-15(23)12-3-5-13(19)6-4-12/h8-15,19,22-23,28,31,34-35H,6-7,16-18,20-21H2,1-5H3,(H,40,41)(H,42,46)(H,43,49);10-13,16-17,22-23H,8-9,14-15H2,1-7H3,(H,30,33);3-6,8,11,17H,7,9-10H2,1-2H3,(H,21,23);3-6,11,17H,7-10H2,1-2H3,(H,20,24)/t28?,31-,34-,35-;22-,23-;2*17-/m0000/s1. The number of hydrogen-bond donors (Lipinski definition) is 6. The van der Waals surface area contributed by atoms with E-state index in [1.165, 1.54) is 24.7 Å². The fourth-order valence-corrected chi connectivity index (χ4v) is 18.2. The van der Waals surface area contributed by atoms with Crippen molar-refractivity contribution in [3.8, 4) is 22.4 Å². The fourth-order valence-electron chi connectivity index (χ4n) is 17.7. The lowest BCUT2D eigenvalue weighted by atomic mass is 9.78. The van der Waals surface area contributed by atoms with Gasteiger partial charge in [-0.15, -0.1) is 0 Å². The van der Waals surface area contributed by atoms with Gasteiger partial charge in [-0.3, -0.25) is 62.9 Å². The van der Waals surface area contributed by atoms with Crippen molar-refractivity contribution >= 4 is 144 Å². The maximum atomic E-state index is 13.5. The number of hydrogen-bond acceptors (Lipinski definition) is 20. The zero-order valence-electron chi connectivity index (χ0n) is 79.9. The number of nitrogens with zero attached hydrogens (tertiary/aromatic N) is 9. The van der Waals surface area contributed by atoms with Crippen LogP contribution in [0.2, 0.25) is 0 Å². The smallest absolute Gasteiger partial charge is 0.453 e. The maximum Gasteiger partial charge on any atom is 0.494 e. The molecule has 5 aromatic carbocycles. The molecule has 0 spiro atoms. The van der Waals surface area contributed by atoms with Crippen molar-refractivity contribution in [2.24, 2.45) is 44.6 Å². The summed E-state index contributed by atoms with van der Waals surface area (Å²) in [5.74, 6) is -0.594. The van der Waals surface area contributed by atoms with Crippen LogP contribution in [-0.2, 0) is 68.5 Å². The molecule has 34 heteroatoms. The summed E-state index contributed by atoms with van der Waals surface area (Å²) in [6, 6.07) is 37.3. The molecule has 6 fully saturated rings. The molecule has 6 saturated heterocycles. The molecule has 6 aromatic rings. The van der Waals surface area contributed by atoms with Crippen LogP contribution in [0.15, 0.2) is 164 Å². The van der Waals surface area contributed by atoms with E-state index in [-0.39, 0.29) is 170 Å². The van der Waals surface area contributed by atoms with E-state index >= 15 is 0 Å². The second-order valence-corrected chi connectivity index (χ2v) is 40.2. The number of rotatable bonds is 27. The first-order valence-electron chi connectivity index (χ1n) is 46.5. The lowest BCUT2D eigenvalue weighted by molar-refractivity contribution is -0.147. The Kier molecular flexibility index (Phi) is 34.4. The number of Topliss-reactive ketones (excluding diaryl/α,β-unsaturated/α-hetero) is 2. The first-order valence-corrected chi connectivity index (χ1v) is 48.1. The predicted octanol–water partition coefficient (Wildman–Crippen LogP) is 12.7. The molecule has 10 heterocycles. The summed E-state index contributed by atoms with van der Waals surface area (Å²) in [4.78, 5) is 178. The van der Waals surface area contributed by atoms with Crippen molar-refractivity contribution in [2.45, 2.75) is 221 Å². The van der Waals surface area contributed by atoms with Gasteiger partial charge in [0.2, 0.25) is 47.3 Å². The summed E-state index contributed by atoms with van der Waals surface area (Å²) in [7, 11) is 2.22. The van der Waals surface area contributed by atoms with Crippen molar-refractivity contribution in [2.75, 3.05) is 66.6 Å². The van der Waals surface area contributed by atoms with Gasteiger partial charge in [-0.2, -0.15) is 0 Å². The first-order chi connectivity index (χ1) is 64.2. The summed E-state index contributed by atoms with van der Waals surface area (Å²) in [5, 5.41) is 13.6. The van der Waals surface area contributed by atoms with Gasteiger partial charge in [0.15, 0.2) is 11.6 Å². The summed E-state index contributed by atoms with van der Waals surface area (Å²) in [6.45, 7) is 29.8. The number of likely N-dealkylation sites (tertiary alicyclic amines) is 2. The average Bonchev–Trinajstić information content (AvgIpc) is 1.63. The van der Waals surface area contributed by atoms with Gasteiger partial charge in [0.1, 0.15) is 55.7 Å². The van der Waals surface area contributed by atoms with Crippen LogP contribution >= 0.6 is 31.9 Å². The number of allylic oxidation sites excluding steroid dienone is 2. The maximum absolute atomic E-state index is 13.5. The molecule has 0 aliphatic carbocycles. The van der Waals surface area contributed by atoms with Crippen LogP contribution in [0.25, 0.3) is 33.5 Å². The highest BCUT2D eigenvalue weighted by atomic mass is 79.9. The minimum Gasteiger partial charge on any atom is -0.453 e. The zero-order valence-corrected chi connectivity index (χ0v) is 83.1. The second kappa shape index (κ2) is 45.4. The highest BCUT2D eigenvalue weighted by Crippen LogP contribution is 2.39. The highest BCUT2D eigenvalue weighted by molar-refractivity contribution is 9.10. The molecule has 8 atom stereocenters. The summed E-state index contributed by atoms with van der Waals surface area (Å²) < 4.78 is 23.7. The number of aliphatic imine (C=N–C) groups is 3. The minimum absolute atomic E-state index is 0.00943. The third-order valence-corrected chi connectivity index (χ3v) is 27.3. The molecule has 15 rings (SSSR count). The molecule has 10 amide bonds. The van der Waals surface area contributed by atoms with E-state index in [0.29, 0.717) is 50.4 Å². The Hall–Kier alpha value is -11.6. The van der Waals surface area contributed by atoms with Gasteiger partial charge in [0.25, 0.3) is 0 Å². The van der Waals surface area contributed by atoms with Gasteiger partial charge in [-0.25, -0.2) is 14.6 Å². The van der Waals surface area contributed by atoms with E-state index in [1.54, 1.807) is 40.3 Å². The van der Waals surface area contributed by atoms with E-state index in [0.717, 1.165) is 108 Å². The van der Waals surface area contributed by atoms with Crippen molar-refractivity contribution in [3.05, 3.63) is 177 Å². The van der Waals surface area contributed by atoms with Crippen molar-refractivity contribution in [1.29, 1.82) is 0 Å². The molecule has 1 unspecified atom stereocenters. The minimum atomic E-state index is -0.639. The Morgan fingerprint density at radius 2 is 0.963 bits per heavy atom. The summed E-state index contributed by atoms with van der Waals surface area (Å²) in [5.41, 5.74) is 13.5. The molecule has 0 radical (unpaired) electrons. The summed E-state index contributed by atoms with van der Waals surface area (Å²) in [6.07, 6.45) is 10.3. The molecular formula is C101H126BBr2N15O16. The van der Waals surface area contributed by atoms with Crippen molar-refractivity contribution < 1.29 is 76.3 Å². The number of H-pyrrole nitrogens is 1. The molecule has 0 bridgehead atoms. The number of piperazine rings is 3. The number of halogens is 2. The number of benzene rings is 5. The molecule has 6 N–H and O–H groups in total. The highest BCUT2D eigenvalue weighted by Gasteiger charge is 2.52. The Balaban J connectivity index is 0.000000170. The van der Waals surface area contributed by atoms with Crippen LogP contribution in [0.4, 0.5) is 9.59 Å². The van der Waals surface area contributed by atoms with Gasteiger partial charge in [0.05, 0.1) is 69.0 Å². The number of aromatic amines is 1. The lowest BCUT2D eigenvalue weighted by Gasteiger charge is -2.34. The first kappa shape index (κ1) is 102. The number of aromatic nitrogens is 2. The van der Waals surface area contributed by atoms with Crippen LogP contribution in [0, 0.1) is 29.6 Å². The van der Waals surface area contributed by atoms with Crippen LogP contribution in [0.1, 0.15) is 194 Å². The number of alkyl carbamates (subject to hydrolysis) is 2. The lowest BCUT2D eigenvalue weighted by Crippen LogP contribution is -2.60. The van der Waals surface area contributed by atoms with Crippen LogP contribution < -0.4 is 32.0 Å². The van der Waals surface area contributed by atoms with Crippen LogP contribution in [-0.4, -0.2) is 250 Å². The zero-order chi connectivity index (χ0) is 97.6. The van der Waals surface area contributed by atoms with E-state index in [2.05, 4.69) is 150 Å². The number of amides is 10. The summed E-state index contributed by atoms with van der Waals surface area (Å²) >= 11 is 6.73. The van der Waals surface area contributed by atoms with Crippen molar-refractivity contribution in [3.63, 3.8) is 0 Å². The third-order valence-electron chi connectivity index (χ3n) is 26.3. The topological polar surface area (TPSA) is 384 Å². The number of imidazole rings is 1. The number of carbonyl (C=O) groups is 12. The van der Waals surface area contributed by atoms with E-state index in [4.69, 9.17) is 28.8 Å². The largest absolute Gasteiger partial charge is 0.494 e. The molecule has 1 aromatic heterocycles. The number of methoxy groups -OCH3 is 2. The Morgan fingerprint density at radius 1 is 0.526 bits per heavy atom. The SMILES string of the molecule is CC(C)[C@@H]1NC(=O)CN(CC(=O)CCC(=O)c2ccc(Br)cc2)C1=O.CC(C)[C@@H]1NC(=O)CN(CC2=NC=C(c3ccc(Br)cc3)C2)C1=O.COC(=O)N[C@H](C(=O)N1CCC[C@H]1C1=NC=C(c2ccc(B3OC(C)(C)C(C)(C)O3)cc2)C1)C(C)C.COC(=O)N[C@H](C(=O)N1CCC[C@H]1C1=NCC(c2ccc(-c3ccc(-c4cnc(CN5CC(=O)N[C@@H](C(C)C)C5=O)[nH]4)cc3)cc2)C1)C(C)C. The van der Waals surface area contributed by atoms with Gasteiger partial charge in [-0.05, 0) is 164 Å². The van der Waals surface area contributed by atoms with Gasteiger partial charge in [0, 0.05) is 95.3 Å². The van der Waals surface area contributed by atoms with Crippen LogP contribution in [0.3, 0.4) is 0 Å². The Bertz CT molecular complexity index is 5500. The molecular weight excluding hydrogens is 1850 g/mol. The van der Waals surface area contributed by atoms with Crippen molar-refractivity contribution in [1.82, 2.24) is 61.1 Å². The molecule has 135 heavy (non-hydrogen) atoms. The molecule has 9 aliphatic rings.